The Balaban J connectivity index is 2.40. The monoisotopic (exact) mass is 291 g/mol. The van der Waals surface area contributed by atoms with Crippen molar-refractivity contribution in [3.05, 3.63) is 0 Å². The molecule has 19 heavy (non-hydrogen) atoms. The van der Waals surface area contributed by atoms with E-state index in [0.717, 1.165) is 25.7 Å². The van der Waals surface area contributed by atoms with Gasteiger partial charge in [0, 0.05) is 6.04 Å². The average Bonchev–Trinajstić information content (AvgIpc) is 3.06. The lowest BCUT2D eigenvalue weighted by atomic mass is 10.1. The molecule has 0 aromatic rings. The first-order valence-corrected chi connectivity index (χ1v) is 8.67. The Kier molecular flexibility index (Phi) is 5.80. The van der Waals surface area contributed by atoms with Crippen LogP contribution < -0.4 is 5.73 Å². The Morgan fingerprint density at radius 1 is 1.42 bits per heavy atom. The summed E-state index contributed by atoms with van der Waals surface area (Å²) >= 11 is 0. The third-order valence-electron chi connectivity index (χ3n) is 3.78. The maximum Gasteiger partial charge on any atom is 0.306 e. The van der Waals surface area contributed by atoms with Crippen LogP contribution in [0.1, 0.15) is 45.4 Å². The van der Waals surface area contributed by atoms with Crippen LogP contribution in [0.4, 0.5) is 0 Å². The van der Waals surface area contributed by atoms with E-state index in [9.17, 15) is 13.2 Å². The summed E-state index contributed by atoms with van der Waals surface area (Å²) in [5, 5.41) is 0. The van der Waals surface area contributed by atoms with Crippen molar-refractivity contribution >= 4 is 15.8 Å². The van der Waals surface area contributed by atoms with E-state index >= 15 is 0 Å². The number of methoxy groups -OCH3 is 1. The molecule has 0 radical (unpaired) electrons. The van der Waals surface area contributed by atoms with E-state index in [4.69, 9.17) is 5.73 Å². The molecule has 112 valence electrons. The zero-order chi connectivity index (χ0) is 14.5. The fourth-order valence-corrected chi connectivity index (χ4v) is 4.31. The SMILES string of the molecule is CCC(N)CCCS(=O)(=O)CC1(CC(=O)OC)CC1. The van der Waals surface area contributed by atoms with Crippen LogP contribution in [0, 0.1) is 5.41 Å². The molecule has 0 aromatic heterocycles. The van der Waals surface area contributed by atoms with E-state index in [1.54, 1.807) is 0 Å². The second kappa shape index (κ2) is 6.70. The number of rotatable bonds is 9. The van der Waals surface area contributed by atoms with E-state index < -0.39 is 9.84 Å². The summed E-state index contributed by atoms with van der Waals surface area (Å²) < 4.78 is 28.7. The number of sulfone groups is 1. The van der Waals surface area contributed by atoms with Crippen molar-refractivity contribution in [3.63, 3.8) is 0 Å². The molecule has 1 atom stereocenters. The van der Waals surface area contributed by atoms with Crippen LogP contribution in [0.5, 0.6) is 0 Å². The third kappa shape index (κ3) is 5.91. The topological polar surface area (TPSA) is 86.5 Å². The molecule has 1 unspecified atom stereocenters. The van der Waals surface area contributed by atoms with Gasteiger partial charge in [0.25, 0.3) is 0 Å². The van der Waals surface area contributed by atoms with Crippen LogP contribution in [-0.2, 0) is 19.4 Å². The van der Waals surface area contributed by atoms with Crippen molar-refractivity contribution in [1.29, 1.82) is 0 Å². The Hall–Kier alpha value is -0.620. The number of carbonyl (C=O) groups excluding carboxylic acids is 1. The molecule has 0 bridgehead atoms. The molecule has 0 saturated heterocycles. The number of ether oxygens (including phenoxy) is 1. The van der Waals surface area contributed by atoms with Crippen molar-refractivity contribution in [2.24, 2.45) is 11.1 Å². The highest BCUT2D eigenvalue weighted by Gasteiger charge is 2.47. The number of esters is 1. The maximum atomic E-state index is 12.0. The molecule has 6 heteroatoms. The van der Waals surface area contributed by atoms with Gasteiger partial charge in [0.15, 0.2) is 9.84 Å². The van der Waals surface area contributed by atoms with E-state index in [1.807, 2.05) is 6.92 Å². The van der Waals surface area contributed by atoms with E-state index in [-0.39, 0.29) is 35.4 Å². The second-order valence-corrected chi connectivity index (χ2v) is 7.84. The Labute approximate surface area is 115 Å². The van der Waals surface area contributed by atoms with Gasteiger partial charge in [-0.2, -0.15) is 0 Å². The third-order valence-corrected chi connectivity index (χ3v) is 5.75. The van der Waals surface area contributed by atoms with E-state index in [1.165, 1.54) is 7.11 Å². The summed E-state index contributed by atoms with van der Waals surface area (Å²) in [6.07, 6.45) is 4.03. The summed E-state index contributed by atoms with van der Waals surface area (Å²) in [5.41, 5.74) is 5.42. The van der Waals surface area contributed by atoms with Gasteiger partial charge in [0.1, 0.15) is 0 Å². The first-order valence-electron chi connectivity index (χ1n) is 6.85. The lowest BCUT2D eigenvalue weighted by molar-refractivity contribution is -0.141. The van der Waals surface area contributed by atoms with Crippen LogP contribution in [0.25, 0.3) is 0 Å². The Morgan fingerprint density at radius 3 is 2.53 bits per heavy atom. The van der Waals surface area contributed by atoms with Gasteiger partial charge in [-0.05, 0) is 37.5 Å². The van der Waals surface area contributed by atoms with Gasteiger partial charge in [0.2, 0.25) is 0 Å². The predicted molar refractivity (Wildman–Crippen MR) is 74.5 cm³/mol. The summed E-state index contributed by atoms with van der Waals surface area (Å²) in [4.78, 5) is 11.3. The molecule has 0 spiro atoms. The Bertz CT molecular complexity index is 401. The van der Waals surface area contributed by atoms with Gasteiger partial charge in [-0.1, -0.05) is 6.92 Å². The molecule has 1 fully saturated rings. The molecule has 1 aliphatic carbocycles. The smallest absolute Gasteiger partial charge is 0.306 e. The second-order valence-electron chi connectivity index (χ2n) is 5.66. The van der Waals surface area contributed by atoms with Crippen molar-refractivity contribution in [1.82, 2.24) is 0 Å². The van der Waals surface area contributed by atoms with Gasteiger partial charge in [0.05, 0.1) is 25.0 Å². The zero-order valence-electron chi connectivity index (χ0n) is 11.9. The summed E-state index contributed by atoms with van der Waals surface area (Å²) in [6.45, 7) is 1.99. The molecule has 1 saturated carbocycles. The molecule has 0 heterocycles. The van der Waals surface area contributed by atoms with Gasteiger partial charge >= 0.3 is 5.97 Å². The summed E-state index contributed by atoms with van der Waals surface area (Å²) in [7, 11) is -1.77. The summed E-state index contributed by atoms with van der Waals surface area (Å²) in [5.74, 6) is -0.0409. The lowest BCUT2D eigenvalue weighted by Crippen LogP contribution is -2.24. The van der Waals surface area contributed by atoms with Crippen molar-refractivity contribution in [2.75, 3.05) is 18.6 Å². The molecule has 0 aromatic carbocycles. The normalized spacial score (nSPS) is 18.9. The minimum Gasteiger partial charge on any atom is -0.469 e. The molecular weight excluding hydrogens is 266 g/mol. The minimum absolute atomic E-state index is 0.0835. The van der Waals surface area contributed by atoms with Crippen LogP contribution >= 0.6 is 0 Å². The minimum atomic E-state index is -3.10. The highest BCUT2D eigenvalue weighted by molar-refractivity contribution is 7.91. The van der Waals surface area contributed by atoms with Gasteiger partial charge < -0.3 is 10.5 Å². The largest absolute Gasteiger partial charge is 0.469 e. The molecule has 0 aliphatic heterocycles. The van der Waals surface area contributed by atoms with Crippen LogP contribution in [0.15, 0.2) is 0 Å². The highest BCUT2D eigenvalue weighted by Crippen LogP contribution is 2.50. The molecule has 1 rings (SSSR count). The van der Waals surface area contributed by atoms with Crippen LogP contribution in [-0.4, -0.2) is 39.0 Å². The zero-order valence-corrected chi connectivity index (χ0v) is 12.7. The van der Waals surface area contributed by atoms with Gasteiger partial charge in [-0.3, -0.25) is 4.79 Å². The number of hydrogen-bond acceptors (Lipinski definition) is 5. The highest BCUT2D eigenvalue weighted by atomic mass is 32.2. The summed E-state index contributed by atoms with van der Waals surface area (Å²) in [6, 6.07) is 0.0835. The molecule has 5 nitrogen and oxygen atoms in total. The van der Waals surface area contributed by atoms with Crippen molar-refractivity contribution < 1.29 is 17.9 Å². The number of hydrogen-bond donors (Lipinski definition) is 1. The number of nitrogens with two attached hydrogens (primary N) is 1. The van der Waals surface area contributed by atoms with Gasteiger partial charge in [-0.15, -0.1) is 0 Å². The Morgan fingerprint density at radius 2 is 2.05 bits per heavy atom. The fraction of sp³-hybridized carbons (Fsp3) is 0.923. The molecular formula is C13H25NO4S. The first kappa shape index (κ1) is 16.4. The van der Waals surface area contributed by atoms with E-state index in [0.29, 0.717) is 6.42 Å². The van der Waals surface area contributed by atoms with Crippen molar-refractivity contribution in [3.8, 4) is 0 Å². The molecule has 2 N–H and O–H groups in total. The average molecular weight is 291 g/mol. The van der Waals surface area contributed by atoms with Gasteiger partial charge in [-0.25, -0.2) is 8.42 Å². The fourth-order valence-electron chi connectivity index (χ4n) is 2.24. The maximum absolute atomic E-state index is 12.0. The lowest BCUT2D eigenvalue weighted by Gasteiger charge is -2.14. The van der Waals surface area contributed by atoms with E-state index in [2.05, 4.69) is 4.74 Å². The predicted octanol–water partition coefficient (Wildman–Crippen LogP) is 1.26. The molecule has 0 amide bonds. The first-order chi connectivity index (χ1) is 8.82. The standard InChI is InChI=1S/C13H25NO4S/c1-3-11(14)5-4-8-19(16,17)10-13(6-7-13)9-12(15)18-2/h11H,3-10,14H2,1-2H3. The quantitative estimate of drug-likeness (QED) is 0.646. The van der Waals surface area contributed by atoms with Crippen molar-refractivity contribution in [2.45, 2.75) is 51.5 Å². The van der Waals surface area contributed by atoms with Crippen LogP contribution in [0.3, 0.4) is 0 Å². The molecule has 1 aliphatic rings. The van der Waals surface area contributed by atoms with Crippen LogP contribution in [0.2, 0.25) is 0 Å². The number of carbonyl (C=O) groups is 1.